The van der Waals surface area contributed by atoms with Crippen LogP contribution in [0, 0.1) is 0 Å². The van der Waals surface area contributed by atoms with Crippen LogP contribution in [-0.4, -0.2) is 12.0 Å². The highest BCUT2D eigenvalue weighted by atomic mass is 79.9. The Bertz CT molecular complexity index is 509. The molecule has 2 aromatic rings. The van der Waals surface area contributed by atoms with E-state index in [0.717, 1.165) is 28.6 Å². The molecule has 0 atom stereocenters. The van der Waals surface area contributed by atoms with Gasteiger partial charge >= 0.3 is 0 Å². The van der Waals surface area contributed by atoms with Gasteiger partial charge in [-0.25, -0.2) is 4.98 Å². The summed E-state index contributed by atoms with van der Waals surface area (Å²) in [7, 11) is 1.92. The van der Waals surface area contributed by atoms with E-state index in [0.29, 0.717) is 0 Å². The number of fused-ring (bicyclic) bond motifs is 1. The molecule has 3 heteroatoms. The van der Waals surface area contributed by atoms with Crippen LogP contribution in [0.3, 0.4) is 0 Å². The molecule has 0 amide bonds. The Balaban J connectivity index is 2.60. The first-order valence-electron chi connectivity index (χ1n) is 5.51. The molecule has 0 unspecified atom stereocenters. The van der Waals surface area contributed by atoms with Crippen molar-refractivity contribution in [2.45, 2.75) is 19.8 Å². The minimum atomic E-state index is 0.997. The fourth-order valence-electron chi connectivity index (χ4n) is 1.87. The van der Waals surface area contributed by atoms with E-state index in [1.54, 1.807) is 0 Å². The molecule has 2 rings (SSSR count). The Morgan fingerprint density at radius 3 is 2.81 bits per heavy atom. The van der Waals surface area contributed by atoms with Gasteiger partial charge in [0.05, 0.1) is 5.52 Å². The maximum Gasteiger partial charge on any atom is 0.129 e. The summed E-state index contributed by atoms with van der Waals surface area (Å²) in [5.41, 5.74) is 2.32. The number of hydrogen-bond acceptors (Lipinski definition) is 2. The van der Waals surface area contributed by atoms with Gasteiger partial charge in [-0.1, -0.05) is 29.3 Å². The third kappa shape index (κ3) is 2.19. The molecule has 0 aliphatic carbocycles. The first-order chi connectivity index (χ1) is 7.74. The molecule has 0 aliphatic rings. The highest BCUT2D eigenvalue weighted by molar-refractivity contribution is 9.10. The predicted molar refractivity (Wildman–Crippen MR) is 73.0 cm³/mol. The van der Waals surface area contributed by atoms with Crippen LogP contribution in [0.25, 0.3) is 10.9 Å². The summed E-state index contributed by atoms with van der Waals surface area (Å²) in [6.45, 7) is 2.19. The van der Waals surface area contributed by atoms with Crippen molar-refractivity contribution in [3.63, 3.8) is 0 Å². The number of hydrogen-bond donors (Lipinski definition) is 1. The number of halogens is 1. The zero-order valence-corrected chi connectivity index (χ0v) is 11.1. The molecule has 0 aliphatic heterocycles. The lowest BCUT2D eigenvalue weighted by atomic mass is 10.1. The molecule has 0 radical (unpaired) electrons. The first-order valence-corrected chi connectivity index (χ1v) is 6.31. The van der Waals surface area contributed by atoms with Crippen LogP contribution < -0.4 is 5.32 Å². The van der Waals surface area contributed by atoms with Crippen molar-refractivity contribution < 1.29 is 0 Å². The average molecular weight is 279 g/mol. The summed E-state index contributed by atoms with van der Waals surface area (Å²) < 4.78 is 1.10. The van der Waals surface area contributed by atoms with Crippen molar-refractivity contribution in [1.29, 1.82) is 0 Å². The van der Waals surface area contributed by atoms with Crippen molar-refractivity contribution >= 4 is 32.7 Å². The lowest BCUT2D eigenvalue weighted by Gasteiger charge is -2.09. The van der Waals surface area contributed by atoms with E-state index in [-0.39, 0.29) is 0 Å². The molecule has 1 N–H and O–H groups in total. The van der Waals surface area contributed by atoms with Crippen molar-refractivity contribution in [2.75, 3.05) is 12.4 Å². The van der Waals surface area contributed by atoms with Crippen LogP contribution in [-0.2, 0) is 6.42 Å². The molecule has 1 aromatic carbocycles. The Morgan fingerprint density at radius 2 is 2.12 bits per heavy atom. The zero-order chi connectivity index (χ0) is 11.5. The van der Waals surface area contributed by atoms with Gasteiger partial charge in [0.25, 0.3) is 0 Å². The third-order valence-electron chi connectivity index (χ3n) is 2.61. The summed E-state index contributed by atoms with van der Waals surface area (Å²) in [5, 5.41) is 4.36. The van der Waals surface area contributed by atoms with Gasteiger partial charge in [-0.05, 0) is 36.2 Å². The van der Waals surface area contributed by atoms with Crippen LogP contribution in [0.2, 0.25) is 0 Å². The van der Waals surface area contributed by atoms with E-state index in [1.807, 2.05) is 19.2 Å². The number of rotatable bonds is 3. The second-order valence-corrected chi connectivity index (χ2v) is 4.75. The standard InChI is InChI=1S/C13H15BrN2/c1-3-4-9-7-10-8-11(14)5-6-12(10)16-13(9)15-2/h5-8H,3-4H2,1-2H3,(H,15,16). The second kappa shape index (κ2) is 4.83. The van der Waals surface area contributed by atoms with Crippen LogP contribution in [0.15, 0.2) is 28.7 Å². The van der Waals surface area contributed by atoms with Crippen molar-refractivity contribution in [3.8, 4) is 0 Å². The quantitative estimate of drug-likeness (QED) is 0.918. The van der Waals surface area contributed by atoms with Crippen LogP contribution in [0.1, 0.15) is 18.9 Å². The zero-order valence-electron chi connectivity index (χ0n) is 9.55. The van der Waals surface area contributed by atoms with E-state index in [1.165, 1.54) is 10.9 Å². The maximum absolute atomic E-state index is 4.62. The normalized spacial score (nSPS) is 10.7. The Hall–Kier alpha value is -1.09. The molecule has 0 saturated heterocycles. The largest absolute Gasteiger partial charge is 0.373 e. The highest BCUT2D eigenvalue weighted by Gasteiger charge is 2.05. The first kappa shape index (κ1) is 11.4. The van der Waals surface area contributed by atoms with Gasteiger partial charge in [-0.3, -0.25) is 0 Å². The average Bonchev–Trinajstić information content (AvgIpc) is 2.28. The van der Waals surface area contributed by atoms with Crippen molar-refractivity contribution in [3.05, 3.63) is 34.3 Å². The lowest BCUT2D eigenvalue weighted by molar-refractivity contribution is 0.919. The summed E-state index contributed by atoms with van der Waals surface area (Å²) >= 11 is 3.49. The van der Waals surface area contributed by atoms with Crippen molar-refractivity contribution in [1.82, 2.24) is 4.98 Å². The van der Waals surface area contributed by atoms with Gasteiger partial charge in [-0.15, -0.1) is 0 Å². The Kier molecular flexibility index (Phi) is 3.44. The number of aromatic nitrogens is 1. The van der Waals surface area contributed by atoms with E-state index in [4.69, 9.17) is 0 Å². The number of aryl methyl sites for hydroxylation is 1. The van der Waals surface area contributed by atoms with Crippen LogP contribution in [0.4, 0.5) is 5.82 Å². The van der Waals surface area contributed by atoms with E-state index >= 15 is 0 Å². The van der Waals surface area contributed by atoms with Gasteiger partial charge < -0.3 is 5.32 Å². The lowest BCUT2D eigenvalue weighted by Crippen LogP contribution is -1.99. The number of anilines is 1. The molecule has 0 bridgehead atoms. The van der Waals surface area contributed by atoms with Crippen molar-refractivity contribution in [2.24, 2.45) is 0 Å². The number of benzene rings is 1. The topological polar surface area (TPSA) is 24.9 Å². The van der Waals surface area contributed by atoms with E-state index in [2.05, 4.69) is 45.3 Å². The van der Waals surface area contributed by atoms with E-state index in [9.17, 15) is 0 Å². The van der Waals surface area contributed by atoms with Gasteiger partial charge in [0, 0.05) is 16.9 Å². The maximum atomic E-state index is 4.62. The van der Waals surface area contributed by atoms with E-state index < -0.39 is 0 Å². The minimum absolute atomic E-state index is 0.997. The molecule has 0 spiro atoms. The fourth-order valence-corrected chi connectivity index (χ4v) is 2.25. The summed E-state index contributed by atoms with van der Waals surface area (Å²) in [4.78, 5) is 4.62. The summed E-state index contributed by atoms with van der Waals surface area (Å²) in [6.07, 6.45) is 2.20. The molecule has 84 valence electrons. The Labute approximate surface area is 104 Å². The van der Waals surface area contributed by atoms with Gasteiger partial charge in [0.2, 0.25) is 0 Å². The molecular weight excluding hydrogens is 264 g/mol. The van der Waals surface area contributed by atoms with Crippen LogP contribution in [0.5, 0.6) is 0 Å². The summed E-state index contributed by atoms with van der Waals surface area (Å²) in [5.74, 6) is 0.997. The van der Waals surface area contributed by atoms with Gasteiger partial charge in [0.15, 0.2) is 0 Å². The molecule has 16 heavy (non-hydrogen) atoms. The molecular formula is C13H15BrN2. The molecule has 1 heterocycles. The number of nitrogens with zero attached hydrogens (tertiary/aromatic N) is 1. The molecule has 0 saturated carbocycles. The number of nitrogens with one attached hydrogen (secondary N) is 1. The van der Waals surface area contributed by atoms with Crippen LogP contribution >= 0.6 is 15.9 Å². The second-order valence-electron chi connectivity index (χ2n) is 3.83. The molecule has 1 aromatic heterocycles. The number of pyridine rings is 1. The van der Waals surface area contributed by atoms with Gasteiger partial charge in [0.1, 0.15) is 5.82 Å². The fraction of sp³-hybridized carbons (Fsp3) is 0.308. The summed E-state index contributed by atoms with van der Waals surface area (Å²) in [6, 6.07) is 8.40. The highest BCUT2D eigenvalue weighted by Crippen LogP contribution is 2.24. The third-order valence-corrected chi connectivity index (χ3v) is 3.11. The molecule has 0 fully saturated rings. The SMILES string of the molecule is CCCc1cc2cc(Br)ccc2nc1NC. The monoisotopic (exact) mass is 278 g/mol. The smallest absolute Gasteiger partial charge is 0.129 e. The molecule has 2 nitrogen and oxygen atoms in total. The Morgan fingerprint density at radius 1 is 1.31 bits per heavy atom. The predicted octanol–water partition coefficient (Wildman–Crippen LogP) is 3.99. The van der Waals surface area contributed by atoms with Gasteiger partial charge in [-0.2, -0.15) is 0 Å². The minimum Gasteiger partial charge on any atom is -0.373 e.